The number of thiocarbonyl (C=S) groups is 1. The van der Waals surface area contributed by atoms with E-state index < -0.39 is 0 Å². The highest BCUT2D eigenvalue weighted by Gasteiger charge is 2.10. The van der Waals surface area contributed by atoms with Crippen LogP contribution in [0.15, 0.2) is 36.4 Å². The van der Waals surface area contributed by atoms with Crippen molar-refractivity contribution in [2.24, 2.45) is 0 Å². The molecule has 0 spiro atoms. The average molecular weight is 374 g/mol. The molecule has 0 saturated heterocycles. The van der Waals surface area contributed by atoms with Crippen molar-refractivity contribution in [2.75, 3.05) is 5.32 Å². The Morgan fingerprint density at radius 1 is 1.00 bits per heavy atom. The van der Waals surface area contributed by atoms with E-state index in [9.17, 15) is 4.79 Å². The van der Waals surface area contributed by atoms with Crippen LogP contribution < -0.4 is 10.6 Å². The van der Waals surface area contributed by atoms with Gasteiger partial charge >= 0.3 is 0 Å². The molecule has 0 heterocycles. The van der Waals surface area contributed by atoms with Gasteiger partial charge in [0.15, 0.2) is 5.11 Å². The van der Waals surface area contributed by atoms with Crippen molar-refractivity contribution in [2.45, 2.75) is 6.92 Å². The predicted molar refractivity (Wildman–Crippen MR) is 96.3 cm³/mol. The third-order valence-corrected chi connectivity index (χ3v) is 4.04. The number of carbonyl (C=O) groups is 1. The first kappa shape index (κ1) is 17.0. The lowest BCUT2D eigenvalue weighted by Crippen LogP contribution is -2.34. The van der Waals surface area contributed by atoms with Gasteiger partial charge in [0.05, 0.1) is 20.8 Å². The van der Waals surface area contributed by atoms with E-state index in [4.69, 9.17) is 47.0 Å². The summed E-state index contributed by atoms with van der Waals surface area (Å²) in [7, 11) is 0. The van der Waals surface area contributed by atoms with Crippen molar-refractivity contribution < 1.29 is 4.79 Å². The topological polar surface area (TPSA) is 41.1 Å². The SMILES string of the molecule is Cc1ccc(C(=O)NC(=S)Nc2cc(Cl)c(Cl)cc2Cl)cc1. The highest BCUT2D eigenvalue weighted by Crippen LogP contribution is 2.32. The fourth-order valence-electron chi connectivity index (χ4n) is 1.65. The Bertz CT molecular complexity index is 732. The van der Waals surface area contributed by atoms with Crippen LogP contribution in [0.4, 0.5) is 5.69 Å². The second-order valence-electron chi connectivity index (χ2n) is 4.52. The molecule has 1 amide bonds. The second-order valence-corrected chi connectivity index (χ2v) is 6.15. The van der Waals surface area contributed by atoms with E-state index >= 15 is 0 Å². The van der Waals surface area contributed by atoms with Crippen LogP contribution in [0, 0.1) is 6.92 Å². The normalized spacial score (nSPS) is 10.2. The smallest absolute Gasteiger partial charge is 0.257 e. The highest BCUT2D eigenvalue weighted by atomic mass is 35.5. The van der Waals surface area contributed by atoms with E-state index in [-0.39, 0.29) is 11.0 Å². The Labute approximate surface area is 148 Å². The molecule has 0 fully saturated rings. The Morgan fingerprint density at radius 3 is 2.23 bits per heavy atom. The van der Waals surface area contributed by atoms with Gasteiger partial charge in [-0.1, -0.05) is 52.5 Å². The number of hydrogen-bond acceptors (Lipinski definition) is 2. The maximum Gasteiger partial charge on any atom is 0.257 e. The van der Waals surface area contributed by atoms with Crippen molar-refractivity contribution in [1.82, 2.24) is 5.32 Å². The molecule has 2 aromatic carbocycles. The lowest BCUT2D eigenvalue weighted by atomic mass is 10.1. The number of nitrogens with one attached hydrogen (secondary N) is 2. The molecule has 0 aliphatic carbocycles. The van der Waals surface area contributed by atoms with Gasteiger partial charge in [-0.05, 0) is 43.4 Å². The molecule has 3 nitrogen and oxygen atoms in total. The summed E-state index contributed by atoms with van der Waals surface area (Å²) in [5.74, 6) is -0.311. The molecule has 0 atom stereocenters. The molecule has 0 aromatic heterocycles. The van der Waals surface area contributed by atoms with Crippen LogP contribution in [0.2, 0.25) is 15.1 Å². The van der Waals surface area contributed by atoms with Crippen molar-refractivity contribution in [3.8, 4) is 0 Å². The molecule has 0 saturated carbocycles. The fraction of sp³-hybridized carbons (Fsp3) is 0.0667. The maximum atomic E-state index is 12.0. The average Bonchev–Trinajstić information content (AvgIpc) is 2.45. The van der Waals surface area contributed by atoms with Crippen LogP contribution in [0.25, 0.3) is 0 Å². The zero-order chi connectivity index (χ0) is 16.3. The lowest BCUT2D eigenvalue weighted by Gasteiger charge is -2.12. The van der Waals surface area contributed by atoms with E-state index in [0.717, 1.165) is 5.56 Å². The quantitative estimate of drug-likeness (QED) is 0.569. The number of hydrogen-bond donors (Lipinski definition) is 2. The van der Waals surface area contributed by atoms with Crippen LogP contribution in [-0.4, -0.2) is 11.0 Å². The molecule has 7 heteroatoms. The van der Waals surface area contributed by atoms with Crippen molar-refractivity contribution in [1.29, 1.82) is 0 Å². The number of amides is 1. The molecule has 0 radical (unpaired) electrons. The summed E-state index contributed by atoms with van der Waals surface area (Å²) in [6, 6.07) is 10.2. The molecular formula is C15H11Cl3N2OS. The molecular weight excluding hydrogens is 363 g/mol. The number of rotatable bonds is 2. The van der Waals surface area contributed by atoms with Crippen LogP contribution in [0.3, 0.4) is 0 Å². The minimum Gasteiger partial charge on any atom is -0.331 e. The van der Waals surface area contributed by atoms with E-state index in [1.807, 2.05) is 19.1 Å². The molecule has 2 aromatic rings. The summed E-state index contributed by atoms with van der Waals surface area (Å²) >= 11 is 22.9. The lowest BCUT2D eigenvalue weighted by molar-refractivity contribution is 0.0978. The summed E-state index contributed by atoms with van der Waals surface area (Å²) in [5, 5.41) is 6.53. The van der Waals surface area contributed by atoms with Gasteiger partial charge in [0.2, 0.25) is 0 Å². The molecule has 0 aliphatic heterocycles. The zero-order valence-electron chi connectivity index (χ0n) is 11.4. The Morgan fingerprint density at radius 2 is 1.59 bits per heavy atom. The molecule has 22 heavy (non-hydrogen) atoms. The Hall–Kier alpha value is -1.33. The van der Waals surface area contributed by atoms with E-state index in [2.05, 4.69) is 10.6 Å². The molecule has 0 unspecified atom stereocenters. The van der Waals surface area contributed by atoms with Gasteiger partial charge in [-0.15, -0.1) is 0 Å². The first-order chi connectivity index (χ1) is 10.4. The van der Waals surface area contributed by atoms with Crippen LogP contribution in [0.5, 0.6) is 0 Å². The van der Waals surface area contributed by atoms with Gasteiger partial charge in [-0.25, -0.2) is 0 Å². The summed E-state index contributed by atoms with van der Waals surface area (Å²) < 4.78 is 0. The zero-order valence-corrected chi connectivity index (χ0v) is 14.5. The number of benzene rings is 2. The standard InChI is InChI=1S/C15H11Cl3N2OS/c1-8-2-4-9(5-3-8)14(21)20-15(22)19-13-7-11(17)10(16)6-12(13)18/h2-7H,1H3,(H2,19,20,21,22). The van der Waals surface area contributed by atoms with E-state index in [1.165, 1.54) is 12.1 Å². The predicted octanol–water partition coefficient (Wildman–Crippen LogP) is 5.08. The highest BCUT2D eigenvalue weighted by molar-refractivity contribution is 7.80. The summed E-state index contributed by atoms with van der Waals surface area (Å²) in [6.07, 6.45) is 0. The minimum absolute atomic E-state index is 0.117. The minimum atomic E-state index is -0.311. The third-order valence-electron chi connectivity index (χ3n) is 2.80. The Balaban J connectivity index is 2.05. The summed E-state index contributed by atoms with van der Waals surface area (Å²) in [5.41, 5.74) is 2.04. The number of carbonyl (C=O) groups excluding carboxylic acids is 1. The summed E-state index contributed by atoms with van der Waals surface area (Å²) in [4.78, 5) is 12.0. The van der Waals surface area contributed by atoms with Gasteiger partial charge in [-0.3, -0.25) is 10.1 Å². The molecule has 2 N–H and O–H groups in total. The molecule has 0 aliphatic rings. The number of halogens is 3. The number of anilines is 1. The first-order valence-electron chi connectivity index (χ1n) is 6.20. The van der Waals surface area contributed by atoms with Gasteiger partial charge in [-0.2, -0.15) is 0 Å². The first-order valence-corrected chi connectivity index (χ1v) is 7.74. The van der Waals surface area contributed by atoms with Crippen LogP contribution in [-0.2, 0) is 0 Å². The van der Waals surface area contributed by atoms with E-state index in [1.54, 1.807) is 12.1 Å². The monoisotopic (exact) mass is 372 g/mol. The number of aryl methyl sites for hydroxylation is 1. The fourth-order valence-corrected chi connectivity index (χ4v) is 2.45. The molecule has 2 rings (SSSR count). The maximum absolute atomic E-state index is 12.0. The van der Waals surface area contributed by atoms with Gasteiger partial charge in [0.25, 0.3) is 5.91 Å². The Kier molecular flexibility index (Phi) is 5.64. The second kappa shape index (κ2) is 7.29. The third kappa shape index (κ3) is 4.34. The van der Waals surface area contributed by atoms with Gasteiger partial charge in [0.1, 0.15) is 0 Å². The largest absolute Gasteiger partial charge is 0.331 e. The van der Waals surface area contributed by atoms with Gasteiger partial charge < -0.3 is 5.32 Å². The van der Waals surface area contributed by atoms with Crippen LogP contribution >= 0.6 is 47.0 Å². The van der Waals surface area contributed by atoms with Crippen LogP contribution in [0.1, 0.15) is 15.9 Å². The van der Waals surface area contributed by atoms with Crippen molar-refractivity contribution >= 4 is 63.7 Å². The molecule has 0 bridgehead atoms. The van der Waals surface area contributed by atoms with Crippen molar-refractivity contribution in [3.05, 3.63) is 62.6 Å². The summed E-state index contributed by atoms with van der Waals surface area (Å²) in [6.45, 7) is 1.94. The van der Waals surface area contributed by atoms with Crippen molar-refractivity contribution in [3.63, 3.8) is 0 Å². The van der Waals surface area contributed by atoms with Gasteiger partial charge in [0, 0.05) is 5.56 Å². The van der Waals surface area contributed by atoms with E-state index in [0.29, 0.717) is 26.3 Å². The molecule has 114 valence electrons.